The van der Waals surface area contributed by atoms with E-state index in [0.717, 1.165) is 17.3 Å². The average Bonchev–Trinajstić information content (AvgIpc) is 3.06. The molecule has 1 aliphatic heterocycles. The van der Waals surface area contributed by atoms with Gasteiger partial charge in [0.15, 0.2) is 0 Å². The van der Waals surface area contributed by atoms with E-state index in [1.807, 2.05) is 0 Å². The molecule has 0 bridgehead atoms. The highest BCUT2D eigenvalue weighted by molar-refractivity contribution is 8.04. The van der Waals surface area contributed by atoms with Crippen LogP contribution in [0.3, 0.4) is 0 Å². The van der Waals surface area contributed by atoms with E-state index in [1.165, 1.54) is 0 Å². The number of carbonyl (C=O) groups is 2. The normalized spacial score (nSPS) is 18.1. The van der Waals surface area contributed by atoms with Gasteiger partial charge >= 0.3 is 6.03 Å². The number of nitrogens with one attached hydrogen (secondary N) is 2. The van der Waals surface area contributed by atoms with Crippen molar-refractivity contribution < 1.29 is 14.3 Å². The maximum atomic E-state index is 12.8. The van der Waals surface area contributed by atoms with Crippen molar-refractivity contribution in [2.75, 3.05) is 12.4 Å². The van der Waals surface area contributed by atoms with E-state index in [-0.39, 0.29) is 5.03 Å². The van der Waals surface area contributed by atoms with Crippen molar-refractivity contribution in [3.05, 3.63) is 69.7 Å². The minimum atomic E-state index is -0.756. The molecule has 0 saturated carbocycles. The molecule has 7 nitrogen and oxygen atoms in total. The van der Waals surface area contributed by atoms with E-state index in [9.17, 15) is 14.9 Å². The molecule has 0 aromatic heterocycles. The Morgan fingerprint density at radius 1 is 1.17 bits per heavy atom. The number of nitrogens with zero attached hydrogens (tertiary/aromatic N) is 1. The molecular formula is C20H17ClN4O3S. The van der Waals surface area contributed by atoms with E-state index >= 15 is 0 Å². The highest BCUT2D eigenvalue weighted by Crippen LogP contribution is 2.45. The van der Waals surface area contributed by atoms with Crippen LogP contribution in [0.2, 0.25) is 5.02 Å². The van der Waals surface area contributed by atoms with E-state index in [0.29, 0.717) is 22.0 Å². The summed E-state index contributed by atoms with van der Waals surface area (Å²) in [5.41, 5.74) is 7.49. The molecule has 0 saturated heterocycles. The number of urea groups is 1. The summed E-state index contributed by atoms with van der Waals surface area (Å²) in [6.07, 6.45) is 0. The molecule has 9 heteroatoms. The summed E-state index contributed by atoms with van der Waals surface area (Å²) >= 11 is 6.88. The van der Waals surface area contributed by atoms with Crippen LogP contribution < -0.4 is 21.1 Å². The second kappa shape index (κ2) is 8.90. The van der Waals surface area contributed by atoms with E-state index in [4.69, 9.17) is 22.1 Å². The Kier molecular flexibility index (Phi) is 6.32. The summed E-state index contributed by atoms with van der Waals surface area (Å²) in [4.78, 5) is 25.0. The zero-order valence-corrected chi connectivity index (χ0v) is 16.9. The van der Waals surface area contributed by atoms with Crippen LogP contribution in [0.25, 0.3) is 0 Å². The summed E-state index contributed by atoms with van der Waals surface area (Å²) in [5, 5.41) is 14.4. The Bertz CT molecular complexity index is 1000. The van der Waals surface area contributed by atoms with Gasteiger partial charge in [0.1, 0.15) is 11.0 Å². The molecule has 0 spiro atoms. The SMILES string of the molecule is COc1ccc([C@H]2C(C#N)=C(N)S[C@@H]2C(=O)NC(=O)Nc2ccc(Cl)cc2)cc1. The van der Waals surface area contributed by atoms with Crippen molar-refractivity contribution in [3.63, 3.8) is 0 Å². The van der Waals surface area contributed by atoms with Gasteiger partial charge in [-0.2, -0.15) is 5.26 Å². The molecule has 1 aliphatic rings. The number of hydrogen-bond acceptors (Lipinski definition) is 6. The molecular weight excluding hydrogens is 412 g/mol. The van der Waals surface area contributed by atoms with Gasteiger partial charge in [-0.25, -0.2) is 4.79 Å². The van der Waals surface area contributed by atoms with Crippen molar-refractivity contribution in [1.82, 2.24) is 5.32 Å². The first-order chi connectivity index (χ1) is 13.9. The lowest BCUT2D eigenvalue weighted by Gasteiger charge is -2.19. The van der Waals surface area contributed by atoms with Crippen LogP contribution >= 0.6 is 23.4 Å². The molecule has 1 heterocycles. The standard InChI is InChI=1S/C20H17ClN4O3S/c1-28-14-8-2-11(3-9-14)16-15(10-22)18(23)29-17(16)19(26)25-20(27)24-13-6-4-12(21)5-7-13/h2-9,16-17H,23H2,1H3,(H2,24,25,26,27)/t16-,17-/m0/s1. The highest BCUT2D eigenvalue weighted by atomic mass is 35.5. The van der Waals surface area contributed by atoms with Gasteiger partial charge in [-0.15, -0.1) is 0 Å². The zero-order chi connectivity index (χ0) is 21.0. The Morgan fingerprint density at radius 2 is 1.83 bits per heavy atom. The molecule has 0 radical (unpaired) electrons. The first kappa shape index (κ1) is 20.6. The van der Waals surface area contributed by atoms with Crippen molar-refractivity contribution in [1.29, 1.82) is 5.26 Å². The quantitative estimate of drug-likeness (QED) is 0.685. The van der Waals surface area contributed by atoms with Crippen LogP contribution in [0.15, 0.2) is 59.1 Å². The van der Waals surface area contributed by atoms with Gasteiger partial charge in [0, 0.05) is 16.6 Å². The van der Waals surface area contributed by atoms with Crippen LogP contribution in [0, 0.1) is 11.3 Å². The predicted octanol–water partition coefficient (Wildman–Crippen LogP) is 3.59. The number of hydrogen-bond donors (Lipinski definition) is 3. The number of ether oxygens (including phenoxy) is 1. The number of imide groups is 1. The maximum Gasteiger partial charge on any atom is 0.325 e. The summed E-state index contributed by atoms with van der Waals surface area (Å²) in [6, 6.07) is 14.9. The van der Waals surface area contributed by atoms with E-state index in [1.54, 1.807) is 55.6 Å². The van der Waals surface area contributed by atoms with Crippen molar-refractivity contribution in [3.8, 4) is 11.8 Å². The maximum absolute atomic E-state index is 12.8. The lowest BCUT2D eigenvalue weighted by Crippen LogP contribution is -2.41. The van der Waals surface area contributed by atoms with Crippen molar-refractivity contribution in [2.45, 2.75) is 11.2 Å². The number of anilines is 1. The number of amides is 3. The third kappa shape index (κ3) is 4.65. The average molecular weight is 429 g/mol. The first-order valence-corrected chi connectivity index (χ1v) is 9.76. The third-order valence-corrected chi connectivity index (χ3v) is 5.79. The number of methoxy groups -OCH3 is 1. The van der Waals surface area contributed by atoms with Gasteiger partial charge in [-0.05, 0) is 42.0 Å². The fraction of sp³-hybridized carbons (Fsp3) is 0.150. The zero-order valence-electron chi connectivity index (χ0n) is 15.3. The van der Waals surface area contributed by atoms with Crippen LogP contribution in [0.4, 0.5) is 10.5 Å². The second-order valence-electron chi connectivity index (χ2n) is 6.13. The Balaban J connectivity index is 1.76. The topological polar surface area (TPSA) is 117 Å². The van der Waals surface area contributed by atoms with E-state index < -0.39 is 23.1 Å². The highest BCUT2D eigenvalue weighted by Gasteiger charge is 2.41. The lowest BCUT2D eigenvalue weighted by molar-refractivity contribution is -0.119. The molecule has 0 fully saturated rings. The molecule has 29 heavy (non-hydrogen) atoms. The fourth-order valence-corrected chi connectivity index (χ4v) is 4.23. The minimum absolute atomic E-state index is 0.270. The smallest absolute Gasteiger partial charge is 0.325 e. The third-order valence-electron chi connectivity index (χ3n) is 4.33. The summed E-state index contributed by atoms with van der Waals surface area (Å²) < 4.78 is 5.15. The molecule has 4 N–H and O–H groups in total. The molecule has 2 aromatic rings. The summed E-state index contributed by atoms with van der Waals surface area (Å²) in [7, 11) is 1.55. The number of nitriles is 1. The number of allylic oxidation sites excluding steroid dienone is 1. The molecule has 2 aromatic carbocycles. The molecule has 148 valence electrons. The van der Waals surface area contributed by atoms with Gasteiger partial charge in [0.2, 0.25) is 5.91 Å². The van der Waals surface area contributed by atoms with Crippen molar-refractivity contribution in [2.24, 2.45) is 5.73 Å². The predicted molar refractivity (Wildman–Crippen MR) is 113 cm³/mol. The van der Waals surface area contributed by atoms with E-state index in [2.05, 4.69) is 16.7 Å². The molecule has 3 rings (SSSR count). The number of carbonyl (C=O) groups excluding carboxylic acids is 2. The van der Waals surface area contributed by atoms with Gasteiger partial charge < -0.3 is 15.8 Å². The van der Waals surface area contributed by atoms with Gasteiger partial charge in [-0.1, -0.05) is 35.5 Å². The van der Waals surface area contributed by atoms with Gasteiger partial charge in [-0.3, -0.25) is 10.1 Å². The number of thioether (sulfide) groups is 1. The van der Waals surface area contributed by atoms with Crippen LogP contribution in [-0.4, -0.2) is 24.3 Å². The Hall–Kier alpha value is -3.15. The fourth-order valence-electron chi connectivity index (χ4n) is 2.93. The number of rotatable bonds is 4. The lowest BCUT2D eigenvalue weighted by atomic mass is 9.88. The molecule has 0 aliphatic carbocycles. The number of halogens is 1. The minimum Gasteiger partial charge on any atom is -0.497 e. The first-order valence-electron chi connectivity index (χ1n) is 8.50. The van der Waals surface area contributed by atoms with Gasteiger partial charge in [0.05, 0.1) is 23.8 Å². The Morgan fingerprint density at radius 3 is 2.41 bits per heavy atom. The monoisotopic (exact) mass is 428 g/mol. The summed E-state index contributed by atoms with van der Waals surface area (Å²) in [6.45, 7) is 0. The van der Waals surface area contributed by atoms with Crippen LogP contribution in [-0.2, 0) is 4.79 Å². The summed E-state index contributed by atoms with van der Waals surface area (Å²) in [5.74, 6) is -0.465. The molecule has 2 atom stereocenters. The second-order valence-corrected chi connectivity index (χ2v) is 7.75. The number of nitrogens with two attached hydrogens (primary N) is 1. The Labute approximate surface area is 176 Å². The van der Waals surface area contributed by atoms with Gasteiger partial charge in [0.25, 0.3) is 0 Å². The van der Waals surface area contributed by atoms with Crippen LogP contribution in [0.1, 0.15) is 11.5 Å². The number of benzene rings is 2. The van der Waals surface area contributed by atoms with Crippen LogP contribution in [0.5, 0.6) is 5.75 Å². The molecule has 0 unspecified atom stereocenters. The molecule has 3 amide bonds. The largest absolute Gasteiger partial charge is 0.497 e. The van der Waals surface area contributed by atoms with Crippen molar-refractivity contribution >= 4 is 41.0 Å².